The molecule has 0 unspecified atom stereocenters. The number of hydrogen-bond donors (Lipinski definition) is 0. The van der Waals surface area contributed by atoms with Crippen molar-refractivity contribution in [1.82, 2.24) is 14.3 Å². The third-order valence-electron chi connectivity index (χ3n) is 5.68. The molecule has 0 saturated carbocycles. The lowest BCUT2D eigenvalue weighted by molar-refractivity contribution is -0.127. The number of likely N-dealkylation sites (tertiary alicyclic amines) is 1. The number of hydrogen-bond acceptors (Lipinski definition) is 5. The monoisotopic (exact) mass is 462 g/mol. The first-order valence-electron chi connectivity index (χ1n) is 10.8. The van der Waals surface area contributed by atoms with Crippen LogP contribution < -0.4 is 10.3 Å². The summed E-state index contributed by atoms with van der Waals surface area (Å²) in [4.78, 5) is 32.6. The van der Waals surface area contributed by atoms with Crippen LogP contribution in [0, 0.1) is 25.2 Å². The van der Waals surface area contributed by atoms with Crippen LogP contribution in [0.4, 0.5) is 0 Å². The fourth-order valence-corrected chi connectivity index (χ4v) is 3.96. The van der Waals surface area contributed by atoms with Gasteiger partial charge in [-0.1, -0.05) is 17.7 Å². The molecular weight excluding hydrogens is 440 g/mol. The Hall–Kier alpha value is -3.63. The van der Waals surface area contributed by atoms with Crippen molar-refractivity contribution in [2.45, 2.75) is 33.1 Å². The number of nitrogens with zero attached hydrogens (tertiary/aromatic N) is 4. The van der Waals surface area contributed by atoms with Crippen molar-refractivity contribution in [3.05, 3.63) is 74.2 Å². The minimum absolute atomic E-state index is 0.0233. The smallest absolute Gasteiger partial charge is 0.269 e. The summed E-state index contributed by atoms with van der Waals surface area (Å²) >= 11 is 6.12. The van der Waals surface area contributed by atoms with Gasteiger partial charge in [0.1, 0.15) is 28.6 Å². The van der Waals surface area contributed by atoms with Crippen LogP contribution in [0.1, 0.15) is 36.0 Å². The summed E-state index contributed by atoms with van der Waals surface area (Å²) in [7, 11) is 0. The van der Waals surface area contributed by atoms with E-state index in [1.54, 1.807) is 35.4 Å². The van der Waals surface area contributed by atoms with E-state index in [9.17, 15) is 14.9 Å². The molecule has 168 valence electrons. The number of rotatable bonds is 4. The van der Waals surface area contributed by atoms with Crippen molar-refractivity contribution >= 4 is 29.2 Å². The van der Waals surface area contributed by atoms with Gasteiger partial charge in [0.25, 0.3) is 11.5 Å². The molecule has 1 saturated heterocycles. The van der Waals surface area contributed by atoms with Crippen molar-refractivity contribution in [3.8, 4) is 17.7 Å². The average Bonchev–Trinajstić information content (AvgIpc) is 2.82. The van der Waals surface area contributed by atoms with Crippen molar-refractivity contribution in [2.75, 3.05) is 13.1 Å². The Balaban J connectivity index is 1.86. The molecule has 1 amide bonds. The van der Waals surface area contributed by atoms with Crippen LogP contribution in [0.25, 0.3) is 11.7 Å². The molecule has 0 bridgehead atoms. The summed E-state index contributed by atoms with van der Waals surface area (Å²) in [5.41, 5.74) is 1.50. The van der Waals surface area contributed by atoms with Crippen LogP contribution in [0.5, 0.6) is 11.6 Å². The van der Waals surface area contributed by atoms with Gasteiger partial charge in [0.15, 0.2) is 0 Å². The molecule has 2 aromatic heterocycles. The topological polar surface area (TPSA) is 87.7 Å². The van der Waals surface area contributed by atoms with Gasteiger partial charge in [-0.05, 0) is 74.6 Å². The summed E-state index contributed by atoms with van der Waals surface area (Å²) in [6.07, 6.45) is 5.74. The van der Waals surface area contributed by atoms with Gasteiger partial charge in [-0.15, -0.1) is 0 Å². The summed E-state index contributed by atoms with van der Waals surface area (Å²) < 4.78 is 7.39. The number of piperidine rings is 1. The molecule has 0 spiro atoms. The molecule has 0 N–H and O–H groups in total. The standard InChI is InChI=1S/C25H23ClN4O3/c1-16-7-6-12-30-22(16)28-23(33-19-8-9-21(26)17(2)13-19)20(25(30)32)14-18(15-27)24(31)29-10-4-3-5-11-29/h6-9,12-14H,3-5,10-11H2,1-2H3/b18-14+. The molecule has 0 radical (unpaired) electrons. The lowest BCUT2D eigenvalue weighted by Gasteiger charge is -2.26. The predicted octanol–water partition coefficient (Wildman–Crippen LogP) is 4.68. The van der Waals surface area contributed by atoms with Crippen LogP contribution in [0.3, 0.4) is 0 Å². The Labute approximate surface area is 196 Å². The maximum atomic E-state index is 13.4. The maximum absolute atomic E-state index is 13.4. The Morgan fingerprint density at radius 1 is 1.18 bits per heavy atom. The SMILES string of the molecule is Cc1cc(Oc2nc3c(C)cccn3c(=O)c2/C=C(\C#N)C(=O)N2CCCCC2)ccc1Cl. The number of halogens is 1. The van der Waals surface area contributed by atoms with Gasteiger partial charge in [0.2, 0.25) is 5.88 Å². The quantitative estimate of drug-likeness (QED) is 0.415. The van der Waals surface area contributed by atoms with Gasteiger partial charge in [0.05, 0.1) is 0 Å². The second-order valence-corrected chi connectivity index (χ2v) is 8.46. The van der Waals surface area contributed by atoms with E-state index in [0.29, 0.717) is 29.5 Å². The van der Waals surface area contributed by atoms with E-state index < -0.39 is 5.56 Å². The highest BCUT2D eigenvalue weighted by molar-refractivity contribution is 6.31. The Kier molecular flexibility index (Phi) is 6.47. The molecule has 1 aromatic carbocycles. The average molecular weight is 463 g/mol. The normalized spacial score (nSPS) is 14.2. The van der Waals surface area contributed by atoms with Crippen molar-refractivity contribution in [2.24, 2.45) is 0 Å². The van der Waals surface area contributed by atoms with Gasteiger partial charge < -0.3 is 9.64 Å². The zero-order valence-electron chi connectivity index (χ0n) is 18.5. The number of carbonyl (C=O) groups excluding carboxylic acids is 1. The lowest BCUT2D eigenvalue weighted by Crippen LogP contribution is -2.36. The number of aromatic nitrogens is 2. The number of ether oxygens (including phenoxy) is 1. The number of fused-ring (bicyclic) bond motifs is 1. The first kappa shape index (κ1) is 22.6. The number of carbonyl (C=O) groups is 1. The molecule has 1 aliphatic rings. The Morgan fingerprint density at radius 2 is 1.94 bits per heavy atom. The lowest BCUT2D eigenvalue weighted by atomic mass is 10.1. The van der Waals surface area contributed by atoms with Gasteiger partial charge in [-0.25, -0.2) is 0 Å². The van der Waals surface area contributed by atoms with Crippen LogP contribution in [-0.4, -0.2) is 33.3 Å². The zero-order valence-corrected chi connectivity index (χ0v) is 19.2. The third kappa shape index (κ3) is 4.62. The number of amides is 1. The minimum atomic E-state index is -0.427. The summed E-state index contributed by atoms with van der Waals surface area (Å²) in [6, 6.07) is 10.7. The molecule has 33 heavy (non-hydrogen) atoms. The van der Waals surface area contributed by atoms with Gasteiger partial charge >= 0.3 is 0 Å². The van der Waals surface area contributed by atoms with E-state index in [0.717, 1.165) is 30.4 Å². The third-order valence-corrected chi connectivity index (χ3v) is 6.10. The first-order chi connectivity index (χ1) is 15.9. The number of aryl methyl sites for hydroxylation is 2. The molecule has 1 fully saturated rings. The number of pyridine rings is 1. The van der Waals surface area contributed by atoms with Gasteiger partial charge in [-0.3, -0.25) is 14.0 Å². The Bertz CT molecular complexity index is 1360. The van der Waals surface area contributed by atoms with Crippen LogP contribution in [0.2, 0.25) is 5.02 Å². The molecule has 3 aromatic rings. The fourth-order valence-electron chi connectivity index (χ4n) is 3.84. The summed E-state index contributed by atoms with van der Waals surface area (Å²) in [6.45, 7) is 4.88. The largest absolute Gasteiger partial charge is 0.438 e. The van der Waals surface area contributed by atoms with Crippen molar-refractivity contribution in [3.63, 3.8) is 0 Å². The zero-order chi connectivity index (χ0) is 23.5. The molecule has 0 aliphatic carbocycles. The van der Waals surface area contributed by atoms with Crippen LogP contribution >= 0.6 is 11.6 Å². The van der Waals surface area contributed by atoms with Crippen LogP contribution in [-0.2, 0) is 4.79 Å². The molecule has 0 atom stereocenters. The maximum Gasteiger partial charge on any atom is 0.269 e. The molecular formula is C25H23ClN4O3. The van der Waals surface area contributed by atoms with E-state index in [1.165, 1.54) is 10.5 Å². The van der Waals surface area contributed by atoms with Gasteiger partial charge in [0, 0.05) is 24.3 Å². The highest BCUT2D eigenvalue weighted by atomic mass is 35.5. The molecule has 3 heterocycles. The molecule has 7 nitrogen and oxygen atoms in total. The van der Waals surface area contributed by atoms with E-state index in [4.69, 9.17) is 16.3 Å². The van der Waals surface area contributed by atoms with Crippen molar-refractivity contribution in [1.29, 1.82) is 5.26 Å². The first-order valence-corrected chi connectivity index (χ1v) is 11.1. The Morgan fingerprint density at radius 3 is 2.64 bits per heavy atom. The van der Waals surface area contributed by atoms with Gasteiger partial charge in [-0.2, -0.15) is 10.2 Å². The van der Waals surface area contributed by atoms with E-state index >= 15 is 0 Å². The molecule has 1 aliphatic heterocycles. The van der Waals surface area contributed by atoms with E-state index in [1.807, 2.05) is 26.0 Å². The summed E-state index contributed by atoms with van der Waals surface area (Å²) in [5, 5.41) is 10.3. The summed E-state index contributed by atoms with van der Waals surface area (Å²) in [5.74, 6) is 0.0756. The van der Waals surface area contributed by atoms with Crippen molar-refractivity contribution < 1.29 is 9.53 Å². The van der Waals surface area contributed by atoms with E-state index in [-0.39, 0.29) is 22.9 Å². The highest BCUT2D eigenvalue weighted by Crippen LogP contribution is 2.28. The second-order valence-electron chi connectivity index (χ2n) is 8.06. The minimum Gasteiger partial charge on any atom is -0.438 e. The van der Waals surface area contributed by atoms with E-state index in [2.05, 4.69) is 4.98 Å². The van der Waals surface area contributed by atoms with Crippen LogP contribution in [0.15, 0.2) is 46.9 Å². The highest BCUT2D eigenvalue weighted by Gasteiger charge is 2.23. The molecule has 4 rings (SSSR count). The molecule has 8 heteroatoms. The fraction of sp³-hybridized carbons (Fsp3) is 0.280. The predicted molar refractivity (Wildman–Crippen MR) is 126 cm³/mol. The number of benzene rings is 1. The number of nitriles is 1. The second kappa shape index (κ2) is 9.47.